The first-order valence-corrected chi connectivity index (χ1v) is 14.1. The van der Waals surface area contributed by atoms with Crippen molar-refractivity contribution in [2.75, 3.05) is 0 Å². The maximum absolute atomic E-state index is 5.02. The zero-order valence-corrected chi connectivity index (χ0v) is 22.6. The van der Waals surface area contributed by atoms with Gasteiger partial charge in [0.15, 0.2) is 0 Å². The molecule has 6 rings (SSSR count). The summed E-state index contributed by atoms with van der Waals surface area (Å²) in [6, 6.07) is 51.0. The van der Waals surface area contributed by atoms with Gasteiger partial charge in [-0.2, -0.15) is 0 Å². The molecule has 0 aliphatic carbocycles. The van der Waals surface area contributed by atoms with Crippen molar-refractivity contribution >= 4 is 0 Å². The van der Waals surface area contributed by atoms with E-state index in [1.165, 1.54) is 11.1 Å². The van der Waals surface area contributed by atoms with E-state index in [2.05, 4.69) is 146 Å². The molecular weight excluding hydrogens is 484 g/mol. The Labute approximate surface area is 237 Å². The second-order valence-corrected chi connectivity index (χ2v) is 10.2. The summed E-state index contributed by atoms with van der Waals surface area (Å²) in [7, 11) is 0. The van der Waals surface area contributed by atoms with Crippen molar-refractivity contribution < 1.29 is 0 Å². The third kappa shape index (κ3) is 6.24. The largest absolute Gasteiger partial charge is 0.248 e. The molecule has 0 amide bonds. The molecule has 0 unspecified atom stereocenters. The third-order valence-electron chi connectivity index (χ3n) is 7.23. The van der Waals surface area contributed by atoms with E-state index in [0.717, 1.165) is 70.7 Å². The molecule has 0 saturated heterocycles. The van der Waals surface area contributed by atoms with E-state index in [1.807, 2.05) is 0 Å². The SMILES string of the molecule is c1ccc(-c2cc(CCCCc3cc(-c4ccccc4)nc(-c4ccccc4)c3)cc(-c3ccccc3)n2)cc1. The monoisotopic (exact) mass is 516 g/mol. The Morgan fingerprint density at radius 3 is 0.825 bits per heavy atom. The highest BCUT2D eigenvalue weighted by Gasteiger charge is 2.09. The minimum absolute atomic E-state index is 1.02. The van der Waals surface area contributed by atoms with Crippen LogP contribution < -0.4 is 0 Å². The van der Waals surface area contributed by atoms with Gasteiger partial charge in [0.2, 0.25) is 0 Å². The summed E-state index contributed by atoms with van der Waals surface area (Å²) in [6.07, 6.45) is 4.25. The zero-order chi connectivity index (χ0) is 27.0. The van der Waals surface area contributed by atoms with E-state index in [4.69, 9.17) is 9.97 Å². The number of aromatic nitrogens is 2. The van der Waals surface area contributed by atoms with Crippen LogP contribution in [0.2, 0.25) is 0 Å². The lowest BCUT2D eigenvalue weighted by Crippen LogP contribution is -1.96. The first-order valence-electron chi connectivity index (χ1n) is 14.1. The number of pyridine rings is 2. The van der Waals surface area contributed by atoms with Crippen LogP contribution in [-0.2, 0) is 12.8 Å². The summed E-state index contributed by atoms with van der Waals surface area (Å²) in [5.74, 6) is 0. The number of hydrogen-bond acceptors (Lipinski definition) is 2. The fourth-order valence-corrected chi connectivity index (χ4v) is 5.15. The van der Waals surface area contributed by atoms with Gasteiger partial charge in [0.05, 0.1) is 22.8 Å². The standard InChI is InChI=1S/C38H32N2/c1-5-17-31(18-6-1)35-25-29(26-36(39-35)32-19-7-2-8-20-32)15-13-14-16-30-27-37(33-21-9-3-10-22-33)40-38(28-30)34-23-11-4-12-24-34/h1-12,17-28H,13-16H2. The molecule has 0 bridgehead atoms. The minimum atomic E-state index is 1.02. The van der Waals surface area contributed by atoms with Gasteiger partial charge in [0.1, 0.15) is 0 Å². The first-order chi connectivity index (χ1) is 19.8. The number of aryl methyl sites for hydroxylation is 2. The molecule has 4 aromatic carbocycles. The first kappa shape index (κ1) is 25.5. The molecule has 0 fully saturated rings. The van der Waals surface area contributed by atoms with Crippen LogP contribution in [-0.4, -0.2) is 9.97 Å². The summed E-state index contributed by atoms with van der Waals surface area (Å²) in [5, 5.41) is 0. The molecule has 0 aliphatic rings. The molecule has 40 heavy (non-hydrogen) atoms. The van der Waals surface area contributed by atoms with E-state index in [1.54, 1.807) is 0 Å². The summed E-state index contributed by atoms with van der Waals surface area (Å²) in [4.78, 5) is 10.0. The van der Waals surface area contributed by atoms with Crippen molar-refractivity contribution in [2.45, 2.75) is 25.7 Å². The molecule has 0 N–H and O–H groups in total. The maximum atomic E-state index is 5.02. The average Bonchev–Trinajstić information content (AvgIpc) is 3.04. The van der Waals surface area contributed by atoms with Crippen LogP contribution >= 0.6 is 0 Å². The van der Waals surface area contributed by atoms with Crippen molar-refractivity contribution in [3.63, 3.8) is 0 Å². The van der Waals surface area contributed by atoms with Gasteiger partial charge in [0.25, 0.3) is 0 Å². The maximum Gasteiger partial charge on any atom is 0.0712 e. The Bertz CT molecular complexity index is 1420. The lowest BCUT2D eigenvalue weighted by atomic mass is 9.98. The van der Waals surface area contributed by atoms with Crippen LogP contribution in [0.4, 0.5) is 0 Å². The molecule has 0 spiro atoms. The Balaban J connectivity index is 1.22. The van der Waals surface area contributed by atoms with Crippen molar-refractivity contribution in [1.82, 2.24) is 9.97 Å². The normalized spacial score (nSPS) is 10.9. The molecule has 0 radical (unpaired) electrons. The summed E-state index contributed by atoms with van der Waals surface area (Å²) in [6.45, 7) is 0. The van der Waals surface area contributed by atoms with Crippen molar-refractivity contribution in [3.8, 4) is 45.0 Å². The fraction of sp³-hybridized carbons (Fsp3) is 0.105. The van der Waals surface area contributed by atoms with Crippen molar-refractivity contribution in [2.24, 2.45) is 0 Å². The average molecular weight is 517 g/mol. The van der Waals surface area contributed by atoms with Crippen LogP contribution in [0.15, 0.2) is 146 Å². The van der Waals surface area contributed by atoms with Crippen LogP contribution in [0.3, 0.4) is 0 Å². The van der Waals surface area contributed by atoms with Crippen molar-refractivity contribution in [1.29, 1.82) is 0 Å². The van der Waals surface area contributed by atoms with Gasteiger partial charge in [0, 0.05) is 22.3 Å². The number of rotatable bonds is 9. The molecule has 2 nitrogen and oxygen atoms in total. The van der Waals surface area contributed by atoms with Gasteiger partial charge in [-0.05, 0) is 61.1 Å². The van der Waals surface area contributed by atoms with Crippen LogP contribution in [0.1, 0.15) is 24.0 Å². The highest BCUT2D eigenvalue weighted by atomic mass is 14.7. The highest BCUT2D eigenvalue weighted by molar-refractivity contribution is 5.68. The van der Waals surface area contributed by atoms with Gasteiger partial charge in [-0.15, -0.1) is 0 Å². The second-order valence-electron chi connectivity index (χ2n) is 10.2. The summed E-state index contributed by atoms with van der Waals surface area (Å²) in [5.41, 5.74) is 11.4. The quantitative estimate of drug-likeness (QED) is 0.179. The molecule has 0 atom stereocenters. The molecule has 0 aliphatic heterocycles. The molecule has 6 aromatic rings. The fourth-order valence-electron chi connectivity index (χ4n) is 5.15. The minimum Gasteiger partial charge on any atom is -0.248 e. The molecular formula is C38H32N2. The lowest BCUT2D eigenvalue weighted by molar-refractivity contribution is 0.734. The molecule has 194 valence electrons. The Hall–Kier alpha value is -4.82. The smallest absolute Gasteiger partial charge is 0.0712 e. The predicted molar refractivity (Wildman–Crippen MR) is 167 cm³/mol. The Kier molecular flexibility index (Phi) is 7.87. The van der Waals surface area contributed by atoms with E-state index < -0.39 is 0 Å². The second kappa shape index (κ2) is 12.4. The van der Waals surface area contributed by atoms with Gasteiger partial charge in [-0.25, -0.2) is 9.97 Å². The molecule has 2 aromatic heterocycles. The van der Waals surface area contributed by atoms with Crippen LogP contribution in [0.5, 0.6) is 0 Å². The van der Waals surface area contributed by atoms with E-state index >= 15 is 0 Å². The van der Waals surface area contributed by atoms with Crippen LogP contribution in [0, 0.1) is 0 Å². The molecule has 0 saturated carbocycles. The van der Waals surface area contributed by atoms with Gasteiger partial charge in [-0.1, -0.05) is 121 Å². The molecule has 2 heteroatoms. The van der Waals surface area contributed by atoms with Gasteiger partial charge in [-0.3, -0.25) is 0 Å². The predicted octanol–water partition coefficient (Wildman–Crippen LogP) is 9.71. The highest BCUT2D eigenvalue weighted by Crippen LogP contribution is 2.28. The Morgan fingerprint density at radius 1 is 0.325 bits per heavy atom. The Morgan fingerprint density at radius 2 is 0.575 bits per heavy atom. The number of nitrogens with zero attached hydrogens (tertiary/aromatic N) is 2. The van der Waals surface area contributed by atoms with Crippen molar-refractivity contribution in [3.05, 3.63) is 157 Å². The number of hydrogen-bond donors (Lipinski definition) is 0. The summed E-state index contributed by atoms with van der Waals surface area (Å²) >= 11 is 0. The molecule has 2 heterocycles. The topological polar surface area (TPSA) is 25.8 Å². The summed E-state index contributed by atoms with van der Waals surface area (Å²) < 4.78 is 0. The number of benzene rings is 4. The van der Waals surface area contributed by atoms with Gasteiger partial charge < -0.3 is 0 Å². The lowest BCUT2D eigenvalue weighted by Gasteiger charge is -2.11. The number of unbranched alkanes of at least 4 members (excludes halogenated alkanes) is 1. The van der Waals surface area contributed by atoms with Gasteiger partial charge >= 0.3 is 0 Å². The van der Waals surface area contributed by atoms with E-state index in [-0.39, 0.29) is 0 Å². The third-order valence-corrected chi connectivity index (χ3v) is 7.23. The van der Waals surface area contributed by atoms with Crippen LogP contribution in [0.25, 0.3) is 45.0 Å². The van der Waals surface area contributed by atoms with E-state index in [9.17, 15) is 0 Å². The zero-order valence-electron chi connectivity index (χ0n) is 22.6. The van der Waals surface area contributed by atoms with E-state index in [0.29, 0.717) is 0 Å².